The highest BCUT2D eigenvalue weighted by Crippen LogP contribution is 2.37. The largest absolute Gasteiger partial charge is 0.334 e. The van der Waals surface area contributed by atoms with Gasteiger partial charge in [0.2, 0.25) is 0 Å². The molecule has 1 aromatic heterocycles. The van der Waals surface area contributed by atoms with E-state index in [1.54, 1.807) is 16.9 Å². The molecule has 0 spiro atoms. The third-order valence-corrected chi connectivity index (χ3v) is 4.70. The molecule has 22 heavy (non-hydrogen) atoms. The van der Waals surface area contributed by atoms with Gasteiger partial charge in [-0.15, -0.1) is 11.8 Å². The van der Waals surface area contributed by atoms with Crippen LogP contribution in [-0.2, 0) is 13.6 Å². The molecule has 0 saturated heterocycles. The standard InChI is InChI=1S/C15H17FN4OS/c1-20-9-10(8-18-20)7-17-15(21)19-13-5-6-22-14-11(13)3-2-4-12(14)16/h2-4,8-9,13H,5-7H2,1H3,(H2,17,19,21). The van der Waals surface area contributed by atoms with Crippen LogP contribution in [0.1, 0.15) is 23.6 Å². The zero-order valence-corrected chi connectivity index (χ0v) is 13.0. The maximum Gasteiger partial charge on any atom is 0.315 e. The Morgan fingerprint density at radius 3 is 3.18 bits per heavy atom. The number of amides is 2. The summed E-state index contributed by atoms with van der Waals surface area (Å²) in [7, 11) is 1.83. The van der Waals surface area contributed by atoms with Crippen LogP contribution in [0, 0.1) is 5.82 Å². The first-order valence-electron chi connectivity index (χ1n) is 7.06. The fraction of sp³-hybridized carbons (Fsp3) is 0.333. The van der Waals surface area contributed by atoms with Crippen LogP contribution in [0.25, 0.3) is 0 Å². The number of benzene rings is 1. The first kappa shape index (κ1) is 14.9. The average molecular weight is 320 g/mol. The van der Waals surface area contributed by atoms with Crippen molar-refractivity contribution >= 4 is 17.8 Å². The number of thioether (sulfide) groups is 1. The third-order valence-electron chi connectivity index (χ3n) is 3.54. The fourth-order valence-corrected chi connectivity index (χ4v) is 3.63. The number of carbonyl (C=O) groups excluding carboxylic acids is 1. The Hall–Kier alpha value is -2.02. The zero-order chi connectivity index (χ0) is 15.5. The summed E-state index contributed by atoms with van der Waals surface area (Å²) in [5, 5.41) is 9.77. The minimum atomic E-state index is -0.254. The molecule has 0 saturated carbocycles. The minimum Gasteiger partial charge on any atom is -0.334 e. The van der Waals surface area contributed by atoms with Crippen molar-refractivity contribution in [1.82, 2.24) is 20.4 Å². The first-order chi connectivity index (χ1) is 10.6. The molecular weight excluding hydrogens is 303 g/mol. The molecule has 2 aromatic rings. The third kappa shape index (κ3) is 3.24. The van der Waals surface area contributed by atoms with Gasteiger partial charge in [0.15, 0.2) is 0 Å². The van der Waals surface area contributed by atoms with E-state index in [1.807, 2.05) is 19.3 Å². The number of urea groups is 1. The molecule has 0 bridgehead atoms. The van der Waals surface area contributed by atoms with Crippen LogP contribution < -0.4 is 10.6 Å². The van der Waals surface area contributed by atoms with Gasteiger partial charge in [-0.3, -0.25) is 4.68 Å². The summed E-state index contributed by atoms with van der Waals surface area (Å²) in [6.45, 7) is 0.414. The van der Waals surface area contributed by atoms with Crippen molar-refractivity contribution < 1.29 is 9.18 Å². The van der Waals surface area contributed by atoms with E-state index in [1.165, 1.54) is 17.8 Å². The smallest absolute Gasteiger partial charge is 0.315 e. The van der Waals surface area contributed by atoms with Gasteiger partial charge in [-0.1, -0.05) is 12.1 Å². The van der Waals surface area contributed by atoms with Crippen LogP contribution in [0.3, 0.4) is 0 Å². The number of halogens is 1. The molecule has 2 N–H and O–H groups in total. The van der Waals surface area contributed by atoms with Gasteiger partial charge in [0.25, 0.3) is 0 Å². The van der Waals surface area contributed by atoms with Gasteiger partial charge in [-0.05, 0) is 18.1 Å². The van der Waals surface area contributed by atoms with Crippen LogP contribution in [-0.4, -0.2) is 21.6 Å². The second-order valence-corrected chi connectivity index (χ2v) is 6.30. The highest BCUT2D eigenvalue weighted by molar-refractivity contribution is 7.99. The van der Waals surface area contributed by atoms with E-state index in [0.717, 1.165) is 23.3 Å². The Balaban J connectivity index is 1.62. The minimum absolute atomic E-state index is 0.152. The van der Waals surface area contributed by atoms with Gasteiger partial charge in [0.05, 0.1) is 12.2 Å². The Labute approximate surface area is 132 Å². The molecule has 116 valence electrons. The lowest BCUT2D eigenvalue weighted by Crippen LogP contribution is -2.38. The van der Waals surface area contributed by atoms with Gasteiger partial charge in [-0.25, -0.2) is 9.18 Å². The van der Waals surface area contributed by atoms with Crippen LogP contribution >= 0.6 is 11.8 Å². The van der Waals surface area contributed by atoms with Crippen molar-refractivity contribution in [2.24, 2.45) is 7.05 Å². The fourth-order valence-electron chi connectivity index (χ4n) is 2.49. The predicted molar refractivity (Wildman–Crippen MR) is 83.1 cm³/mol. The van der Waals surface area contributed by atoms with E-state index >= 15 is 0 Å². The highest BCUT2D eigenvalue weighted by atomic mass is 32.2. The van der Waals surface area contributed by atoms with E-state index in [2.05, 4.69) is 15.7 Å². The molecule has 1 aliphatic heterocycles. The molecule has 0 radical (unpaired) electrons. The summed E-state index contributed by atoms with van der Waals surface area (Å²) < 4.78 is 15.5. The molecular formula is C15H17FN4OS. The molecule has 3 rings (SSSR count). The lowest BCUT2D eigenvalue weighted by atomic mass is 10.0. The SMILES string of the molecule is Cn1cc(CNC(=O)NC2CCSc3c(F)cccc32)cn1. The van der Waals surface area contributed by atoms with Gasteiger partial charge < -0.3 is 10.6 Å². The molecule has 7 heteroatoms. The zero-order valence-electron chi connectivity index (χ0n) is 12.2. The average Bonchev–Trinajstić information content (AvgIpc) is 2.92. The molecule has 0 fully saturated rings. The number of nitrogens with one attached hydrogen (secondary N) is 2. The lowest BCUT2D eigenvalue weighted by Gasteiger charge is -2.26. The number of hydrogen-bond donors (Lipinski definition) is 2. The van der Waals surface area contributed by atoms with E-state index in [-0.39, 0.29) is 17.9 Å². The highest BCUT2D eigenvalue weighted by Gasteiger charge is 2.24. The maximum atomic E-state index is 13.8. The van der Waals surface area contributed by atoms with E-state index in [9.17, 15) is 9.18 Å². The summed E-state index contributed by atoms with van der Waals surface area (Å²) in [5.41, 5.74) is 1.79. The van der Waals surface area contributed by atoms with E-state index < -0.39 is 0 Å². The molecule has 2 amide bonds. The van der Waals surface area contributed by atoms with Gasteiger partial charge in [0.1, 0.15) is 5.82 Å². The molecule has 1 aromatic carbocycles. The second kappa shape index (κ2) is 6.39. The summed E-state index contributed by atoms with van der Waals surface area (Å²) >= 11 is 1.50. The second-order valence-electron chi connectivity index (χ2n) is 5.20. The lowest BCUT2D eigenvalue weighted by molar-refractivity contribution is 0.236. The Morgan fingerprint density at radius 1 is 1.55 bits per heavy atom. The van der Waals surface area contributed by atoms with Crippen molar-refractivity contribution in [1.29, 1.82) is 0 Å². The topological polar surface area (TPSA) is 59.0 Å². The summed E-state index contributed by atoms with van der Waals surface area (Å²) in [4.78, 5) is 12.7. The van der Waals surface area contributed by atoms with Crippen molar-refractivity contribution in [2.75, 3.05) is 5.75 Å². The predicted octanol–water partition coefficient (Wildman–Crippen LogP) is 2.60. The molecule has 1 unspecified atom stereocenters. The van der Waals surface area contributed by atoms with Crippen molar-refractivity contribution in [3.63, 3.8) is 0 Å². The Morgan fingerprint density at radius 2 is 2.41 bits per heavy atom. The van der Waals surface area contributed by atoms with Crippen LogP contribution in [0.5, 0.6) is 0 Å². The van der Waals surface area contributed by atoms with E-state index in [0.29, 0.717) is 11.4 Å². The monoisotopic (exact) mass is 320 g/mol. The summed E-state index contributed by atoms with van der Waals surface area (Å²) in [6.07, 6.45) is 4.35. The number of carbonyl (C=O) groups is 1. The molecule has 0 aliphatic carbocycles. The van der Waals surface area contributed by atoms with Gasteiger partial charge >= 0.3 is 6.03 Å². The van der Waals surface area contributed by atoms with Crippen molar-refractivity contribution in [2.45, 2.75) is 23.9 Å². The molecule has 1 atom stereocenters. The Kier molecular flexibility index (Phi) is 4.33. The van der Waals surface area contributed by atoms with Crippen LogP contribution in [0.2, 0.25) is 0 Å². The molecule has 2 heterocycles. The van der Waals surface area contributed by atoms with Gasteiger partial charge in [-0.2, -0.15) is 5.10 Å². The number of fused-ring (bicyclic) bond motifs is 1. The summed E-state index contributed by atoms with van der Waals surface area (Å²) in [6, 6.07) is 4.60. The number of aryl methyl sites for hydroxylation is 1. The number of rotatable bonds is 3. The number of aromatic nitrogens is 2. The quantitative estimate of drug-likeness (QED) is 0.914. The Bertz CT molecular complexity index is 688. The molecule has 5 nitrogen and oxygen atoms in total. The van der Waals surface area contributed by atoms with Crippen LogP contribution in [0.15, 0.2) is 35.5 Å². The maximum absolute atomic E-state index is 13.8. The van der Waals surface area contributed by atoms with Crippen molar-refractivity contribution in [3.05, 3.63) is 47.5 Å². The summed E-state index contributed by atoms with van der Waals surface area (Å²) in [5.74, 6) is 0.575. The number of nitrogens with zero attached hydrogens (tertiary/aromatic N) is 2. The molecule has 1 aliphatic rings. The van der Waals surface area contributed by atoms with Crippen LogP contribution in [0.4, 0.5) is 9.18 Å². The number of hydrogen-bond acceptors (Lipinski definition) is 3. The normalized spacial score (nSPS) is 16.9. The van der Waals surface area contributed by atoms with E-state index in [4.69, 9.17) is 0 Å². The van der Waals surface area contributed by atoms with Gasteiger partial charge in [0, 0.05) is 36.0 Å². The van der Waals surface area contributed by atoms with Crippen molar-refractivity contribution in [3.8, 4) is 0 Å². The first-order valence-corrected chi connectivity index (χ1v) is 8.05.